The third-order valence-corrected chi connectivity index (χ3v) is 3.02. The number of benzene rings is 1. The van der Waals surface area contributed by atoms with Crippen LogP contribution in [0.2, 0.25) is 5.02 Å². The van der Waals surface area contributed by atoms with Crippen LogP contribution in [0, 0.1) is 5.92 Å². The van der Waals surface area contributed by atoms with Crippen molar-refractivity contribution in [2.75, 3.05) is 0 Å². The Morgan fingerprint density at radius 3 is 2.69 bits per heavy atom. The molecule has 1 aliphatic carbocycles. The molecule has 2 rings (SSSR count). The molecule has 13 heavy (non-hydrogen) atoms. The lowest BCUT2D eigenvalue weighted by Crippen LogP contribution is -2.23. The lowest BCUT2D eigenvalue weighted by Gasteiger charge is -2.23. The fourth-order valence-electron chi connectivity index (χ4n) is 1.68. The van der Waals surface area contributed by atoms with Crippen molar-refractivity contribution in [3.63, 3.8) is 0 Å². The average Bonchev–Trinajstić information content (AvgIpc) is 2.86. The molecule has 1 unspecified atom stereocenters. The van der Waals surface area contributed by atoms with Gasteiger partial charge in [-0.15, -0.1) is 0 Å². The topological polar surface area (TPSA) is 20.2 Å². The summed E-state index contributed by atoms with van der Waals surface area (Å²) in [5, 5.41) is 10.9. The number of hydrogen-bond donors (Lipinski definition) is 1. The molecule has 1 saturated carbocycles. The van der Waals surface area contributed by atoms with Gasteiger partial charge in [0.1, 0.15) is 0 Å². The highest BCUT2D eigenvalue weighted by Crippen LogP contribution is 2.45. The van der Waals surface area contributed by atoms with Crippen molar-refractivity contribution in [2.24, 2.45) is 5.92 Å². The van der Waals surface area contributed by atoms with Gasteiger partial charge in [0.05, 0.1) is 5.60 Å². The molecule has 0 spiro atoms. The van der Waals surface area contributed by atoms with Crippen LogP contribution in [-0.4, -0.2) is 5.11 Å². The first-order valence-corrected chi connectivity index (χ1v) is 4.97. The molecule has 0 aliphatic heterocycles. The van der Waals surface area contributed by atoms with Crippen molar-refractivity contribution in [3.8, 4) is 0 Å². The Hall–Kier alpha value is -0.530. The molecule has 0 heterocycles. The molecule has 0 radical (unpaired) electrons. The normalized spacial score (nSPS) is 21.2. The number of hydrogen-bond acceptors (Lipinski definition) is 1. The van der Waals surface area contributed by atoms with Crippen LogP contribution >= 0.6 is 11.6 Å². The summed E-state index contributed by atoms with van der Waals surface area (Å²) in [7, 11) is 0. The molecule has 70 valence electrons. The summed E-state index contributed by atoms with van der Waals surface area (Å²) in [5.41, 5.74) is 0.243. The number of rotatable bonds is 2. The van der Waals surface area contributed by atoms with E-state index in [-0.39, 0.29) is 0 Å². The van der Waals surface area contributed by atoms with Crippen LogP contribution in [0.15, 0.2) is 24.3 Å². The minimum Gasteiger partial charge on any atom is -0.385 e. The molecule has 0 aromatic heterocycles. The molecule has 1 aromatic carbocycles. The van der Waals surface area contributed by atoms with E-state index in [1.165, 1.54) is 0 Å². The Labute approximate surface area is 83.3 Å². The van der Waals surface area contributed by atoms with Crippen molar-refractivity contribution in [1.29, 1.82) is 0 Å². The van der Waals surface area contributed by atoms with Crippen LogP contribution in [-0.2, 0) is 5.60 Å². The molecule has 1 aliphatic rings. The van der Waals surface area contributed by atoms with E-state index in [2.05, 4.69) is 0 Å². The summed E-state index contributed by atoms with van der Waals surface area (Å²) in [5.74, 6) is 0.422. The minimum atomic E-state index is -0.690. The third-order valence-electron chi connectivity index (χ3n) is 2.78. The van der Waals surface area contributed by atoms with Gasteiger partial charge >= 0.3 is 0 Å². The molecule has 2 heteroatoms. The third kappa shape index (κ3) is 1.72. The van der Waals surface area contributed by atoms with E-state index < -0.39 is 5.60 Å². The highest BCUT2D eigenvalue weighted by molar-refractivity contribution is 6.30. The van der Waals surface area contributed by atoms with Gasteiger partial charge in [0.25, 0.3) is 0 Å². The Morgan fingerprint density at radius 1 is 1.46 bits per heavy atom. The Balaban J connectivity index is 2.33. The van der Waals surface area contributed by atoms with Crippen LogP contribution in [0.1, 0.15) is 25.3 Å². The summed E-state index contributed by atoms with van der Waals surface area (Å²) < 4.78 is 0. The standard InChI is InChI=1S/C11H13ClO/c1-11(13,8-5-6-8)9-3-2-4-10(12)7-9/h2-4,7-8,13H,5-6H2,1H3. The van der Waals surface area contributed by atoms with Crippen LogP contribution in [0.3, 0.4) is 0 Å². The Morgan fingerprint density at radius 2 is 2.15 bits per heavy atom. The van der Waals surface area contributed by atoms with Crippen molar-refractivity contribution in [3.05, 3.63) is 34.9 Å². The summed E-state index contributed by atoms with van der Waals surface area (Å²) in [4.78, 5) is 0. The zero-order chi connectivity index (χ0) is 9.47. The van der Waals surface area contributed by atoms with E-state index in [1.54, 1.807) is 0 Å². The van der Waals surface area contributed by atoms with Gasteiger partial charge in [-0.2, -0.15) is 0 Å². The maximum absolute atomic E-state index is 10.2. The lowest BCUT2D eigenvalue weighted by molar-refractivity contribution is 0.0331. The van der Waals surface area contributed by atoms with Gasteiger partial charge in [-0.1, -0.05) is 23.7 Å². The molecule has 1 atom stereocenters. The van der Waals surface area contributed by atoms with E-state index in [0.717, 1.165) is 18.4 Å². The second kappa shape index (κ2) is 3.00. The highest BCUT2D eigenvalue weighted by atomic mass is 35.5. The first-order chi connectivity index (χ1) is 6.10. The maximum Gasteiger partial charge on any atom is 0.0897 e. The summed E-state index contributed by atoms with van der Waals surface area (Å²) in [6, 6.07) is 7.49. The van der Waals surface area contributed by atoms with Gasteiger partial charge in [-0.05, 0) is 43.4 Å². The Kier molecular flexibility index (Phi) is 2.09. The molecule has 0 amide bonds. The first-order valence-electron chi connectivity index (χ1n) is 4.59. The summed E-state index contributed by atoms with van der Waals surface area (Å²) >= 11 is 5.86. The van der Waals surface area contributed by atoms with Crippen molar-refractivity contribution in [1.82, 2.24) is 0 Å². The zero-order valence-electron chi connectivity index (χ0n) is 7.63. The van der Waals surface area contributed by atoms with Crippen molar-refractivity contribution >= 4 is 11.6 Å². The molecular formula is C11H13ClO. The fourth-order valence-corrected chi connectivity index (χ4v) is 1.87. The van der Waals surface area contributed by atoms with E-state index in [0.29, 0.717) is 10.9 Å². The van der Waals surface area contributed by atoms with Gasteiger partial charge in [0.2, 0.25) is 0 Å². The number of halogens is 1. The molecule has 1 N–H and O–H groups in total. The predicted octanol–water partition coefficient (Wildman–Crippen LogP) is 2.96. The van der Waals surface area contributed by atoms with Gasteiger partial charge in [-0.3, -0.25) is 0 Å². The zero-order valence-corrected chi connectivity index (χ0v) is 8.38. The quantitative estimate of drug-likeness (QED) is 0.771. The van der Waals surface area contributed by atoms with Crippen LogP contribution in [0.4, 0.5) is 0 Å². The van der Waals surface area contributed by atoms with Gasteiger partial charge < -0.3 is 5.11 Å². The molecule has 1 fully saturated rings. The van der Waals surface area contributed by atoms with E-state index in [9.17, 15) is 5.11 Å². The van der Waals surface area contributed by atoms with E-state index >= 15 is 0 Å². The summed E-state index contributed by atoms with van der Waals surface area (Å²) in [6.45, 7) is 1.87. The predicted molar refractivity (Wildman–Crippen MR) is 53.7 cm³/mol. The maximum atomic E-state index is 10.2. The molecular weight excluding hydrogens is 184 g/mol. The Bertz CT molecular complexity index is 316. The average molecular weight is 197 g/mol. The van der Waals surface area contributed by atoms with E-state index in [1.807, 2.05) is 31.2 Å². The van der Waals surface area contributed by atoms with Crippen molar-refractivity contribution < 1.29 is 5.11 Å². The smallest absolute Gasteiger partial charge is 0.0897 e. The van der Waals surface area contributed by atoms with Gasteiger partial charge in [-0.25, -0.2) is 0 Å². The molecule has 0 saturated heterocycles. The van der Waals surface area contributed by atoms with Gasteiger partial charge in [0, 0.05) is 5.02 Å². The van der Waals surface area contributed by atoms with Crippen molar-refractivity contribution in [2.45, 2.75) is 25.4 Å². The largest absolute Gasteiger partial charge is 0.385 e. The second-order valence-corrected chi connectivity index (χ2v) is 4.37. The van der Waals surface area contributed by atoms with E-state index in [4.69, 9.17) is 11.6 Å². The van der Waals surface area contributed by atoms with Gasteiger partial charge in [0.15, 0.2) is 0 Å². The molecule has 0 bridgehead atoms. The monoisotopic (exact) mass is 196 g/mol. The highest BCUT2D eigenvalue weighted by Gasteiger charge is 2.41. The fraction of sp³-hybridized carbons (Fsp3) is 0.455. The lowest BCUT2D eigenvalue weighted by atomic mass is 9.91. The summed E-state index contributed by atoms with van der Waals surface area (Å²) in [6.07, 6.45) is 2.25. The molecule has 1 nitrogen and oxygen atoms in total. The second-order valence-electron chi connectivity index (χ2n) is 3.93. The van der Waals surface area contributed by atoms with Crippen LogP contribution < -0.4 is 0 Å². The molecule has 1 aromatic rings. The minimum absolute atomic E-state index is 0.422. The first kappa shape index (κ1) is 9.04. The SMILES string of the molecule is CC(O)(c1cccc(Cl)c1)C1CC1. The van der Waals surface area contributed by atoms with Crippen LogP contribution in [0.5, 0.6) is 0 Å². The number of aliphatic hydroxyl groups is 1. The van der Waals surface area contributed by atoms with Crippen LogP contribution in [0.25, 0.3) is 0 Å².